The third kappa shape index (κ3) is 3.86. The van der Waals surface area contributed by atoms with E-state index >= 15 is 0 Å². The lowest BCUT2D eigenvalue weighted by molar-refractivity contribution is -0.367. The summed E-state index contributed by atoms with van der Waals surface area (Å²) in [4.78, 5) is 7.28. The molecule has 0 N–H and O–H groups in total. The van der Waals surface area contributed by atoms with E-state index in [1.807, 2.05) is 0 Å². The van der Waals surface area contributed by atoms with Crippen LogP contribution in [0.1, 0.15) is 43.1 Å². The molecule has 14 heteroatoms. The van der Waals surface area contributed by atoms with Gasteiger partial charge in [-0.25, -0.2) is 17.8 Å². The maximum Gasteiger partial charge on any atom is 0.460 e. The van der Waals surface area contributed by atoms with Crippen molar-refractivity contribution in [3.63, 3.8) is 0 Å². The highest BCUT2D eigenvalue weighted by Gasteiger charge is 2.76. The number of rotatable bonds is 7. The molecular formula is C18H17F8N3O2S. The van der Waals surface area contributed by atoms with Gasteiger partial charge in [0.2, 0.25) is 6.17 Å². The fourth-order valence-electron chi connectivity index (χ4n) is 3.07. The van der Waals surface area contributed by atoms with Crippen molar-refractivity contribution in [2.45, 2.75) is 54.8 Å². The fraction of sp³-hybridized carbons (Fsp3) is 0.556. The van der Waals surface area contributed by atoms with E-state index in [1.165, 1.54) is 19.2 Å². The number of imidazole rings is 1. The van der Waals surface area contributed by atoms with Gasteiger partial charge in [0.15, 0.2) is 15.7 Å². The van der Waals surface area contributed by atoms with Crippen molar-refractivity contribution in [3.8, 4) is 11.5 Å². The Balaban J connectivity index is 2.10. The molecule has 0 amide bonds. The number of halogens is 8. The molecule has 0 spiro atoms. The van der Waals surface area contributed by atoms with Crippen LogP contribution in [0.4, 0.5) is 35.1 Å². The topological polar surface area (TPSA) is 64.8 Å². The van der Waals surface area contributed by atoms with Crippen LogP contribution in [0.2, 0.25) is 0 Å². The minimum absolute atomic E-state index is 0.0952. The summed E-state index contributed by atoms with van der Waals surface area (Å²) in [5, 5.41) is 0. The number of nitrogens with zero attached hydrogens (tertiary/aromatic N) is 3. The van der Waals surface area contributed by atoms with Gasteiger partial charge in [0, 0.05) is 13.2 Å². The van der Waals surface area contributed by atoms with E-state index in [0.29, 0.717) is 16.3 Å². The highest BCUT2D eigenvalue weighted by molar-refractivity contribution is 7.91. The first-order valence-corrected chi connectivity index (χ1v) is 10.9. The number of hydrogen-bond donors (Lipinski definition) is 0. The molecule has 1 atom stereocenters. The summed E-state index contributed by atoms with van der Waals surface area (Å²) < 4.78 is 131. The summed E-state index contributed by atoms with van der Waals surface area (Å²) in [5.74, 6) is -13.6. The van der Waals surface area contributed by atoms with Crippen molar-refractivity contribution in [1.29, 1.82) is 0 Å². The Morgan fingerprint density at radius 2 is 1.69 bits per heavy atom. The maximum absolute atomic E-state index is 14.4. The molecule has 5 nitrogen and oxygen atoms in total. The van der Waals surface area contributed by atoms with Crippen molar-refractivity contribution in [3.05, 3.63) is 29.7 Å². The second-order valence-electron chi connectivity index (χ2n) is 7.42. The van der Waals surface area contributed by atoms with Crippen molar-refractivity contribution >= 4 is 9.84 Å². The molecule has 3 rings (SSSR count). The Morgan fingerprint density at radius 3 is 2.19 bits per heavy atom. The van der Waals surface area contributed by atoms with E-state index in [0.717, 1.165) is 19.9 Å². The lowest BCUT2D eigenvalue weighted by atomic mass is 10.0. The molecular weight excluding hydrogens is 474 g/mol. The summed E-state index contributed by atoms with van der Waals surface area (Å²) in [6, 6.07) is 1.33. The van der Waals surface area contributed by atoms with Crippen LogP contribution >= 0.6 is 0 Å². The van der Waals surface area contributed by atoms with Gasteiger partial charge in [0.1, 0.15) is 5.69 Å². The van der Waals surface area contributed by atoms with Gasteiger partial charge >= 0.3 is 18.0 Å². The number of sulfone groups is 1. The van der Waals surface area contributed by atoms with Gasteiger partial charge in [0.25, 0.3) is 0 Å². The SMILES string of the molecule is CCS(=O)(=O)c1cc(C2CC2)cnc1-c1ncc(C(F)C(F)(F)C(F)(F)C(F)(F)F)n1C. The first-order chi connectivity index (χ1) is 14.6. The maximum atomic E-state index is 14.4. The number of pyridine rings is 1. The van der Waals surface area contributed by atoms with Crippen molar-refractivity contribution < 1.29 is 43.5 Å². The molecule has 1 unspecified atom stereocenters. The molecule has 2 aromatic rings. The highest BCUT2D eigenvalue weighted by Crippen LogP contribution is 2.53. The first-order valence-electron chi connectivity index (χ1n) is 9.27. The van der Waals surface area contributed by atoms with E-state index in [4.69, 9.17) is 0 Å². The first kappa shape index (κ1) is 24.4. The lowest BCUT2D eigenvalue weighted by Crippen LogP contribution is -2.54. The zero-order valence-corrected chi connectivity index (χ0v) is 17.4. The van der Waals surface area contributed by atoms with Crippen molar-refractivity contribution in [1.82, 2.24) is 14.5 Å². The molecule has 2 heterocycles. The van der Waals surface area contributed by atoms with Crippen molar-refractivity contribution in [2.75, 3.05) is 5.75 Å². The number of alkyl halides is 8. The monoisotopic (exact) mass is 491 g/mol. The predicted molar refractivity (Wildman–Crippen MR) is 95.9 cm³/mol. The highest BCUT2D eigenvalue weighted by atomic mass is 32.2. The Morgan fingerprint density at radius 1 is 1.09 bits per heavy atom. The third-order valence-electron chi connectivity index (χ3n) is 5.23. The zero-order chi connectivity index (χ0) is 24.3. The molecule has 0 aliphatic heterocycles. The molecule has 2 aromatic heterocycles. The van der Waals surface area contributed by atoms with Crippen LogP contribution in [0.3, 0.4) is 0 Å². The lowest BCUT2D eigenvalue weighted by Gasteiger charge is -2.30. The summed E-state index contributed by atoms with van der Waals surface area (Å²) in [6.07, 6.45) is -7.50. The number of aromatic nitrogens is 3. The van der Waals surface area contributed by atoms with Gasteiger partial charge < -0.3 is 4.57 Å². The van der Waals surface area contributed by atoms with Crippen LogP contribution in [0, 0.1) is 0 Å². The van der Waals surface area contributed by atoms with Gasteiger partial charge in [-0.1, -0.05) is 6.92 Å². The molecule has 1 fully saturated rings. The largest absolute Gasteiger partial charge is 0.460 e. The van der Waals surface area contributed by atoms with E-state index in [2.05, 4.69) is 9.97 Å². The Bertz CT molecular complexity index is 1120. The minimum Gasteiger partial charge on any atom is -0.327 e. The van der Waals surface area contributed by atoms with Crippen LogP contribution in [-0.2, 0) is 16.9 Å². The quantitative estimate of drug-likeness (QED) is 0.512. The second kappa shape index (κ2) is 7.66. The fourth-order valence-corrected chi connectivity index (χ4v) is 4.14. The van der Waals surface area contributed by atoms with Gasteiger partial charge in [0.05, 0.1) is 22.5 Å². The molecule has 1 saturated carbocycles. The molecule has 0 bridgehead atoms. The summed E-state index contributed by atoms with van der Waals surface area (Å²) in [7, 11) is -3.05. The molecule has 1 aliphatic rings. The molecule has 1 aliphatic carbocycles. The normalized spacial score (nSPS) is 16.9. The molecule has 0 radical (unpaired) electrons. The van der Waals surface area contributed by atoms with E-state index < -0.39 is 45.5 Å². The van der Waals surface area contributed by atoms with Crippen molar-refractivity contribution in [2.24, 2.45) is 7.05 Å². The Labute approximate surface area is 177 Å². The summed E-state index contributed by atoms with van der Waals surface area (Å²) in [6.45, 7) is 1.34. The van der Waals surface area contributed by atoms with Gasteiger partial charge in [-0.05, 0) is 30.4 Å². The van der Waals surface area contributed by atoms with Crippen LogP contribution in [0.25, 0.3) is 11.5 Å². The summed E-state index contributed by atoms with van der Waals surface area (Å²) in [5.41, 5.74) is -1.06. The standard InChI is InChI=1S/C18H17F8N3O2S/c1-3-32(30,31)12-6-10(9-4-5-9)7-27-13(12)15-28-8-11(29(15)2)14(19)16(20,21)17(22,23)18(24,25)26/h6-9,14H,3-5H2,1-2H3. The Hall–Kier alpha value is -2.25. The predicted octanol–water partition coefficient (Wildman–Crippen LogP) is 5.00. The van der Waals surface area contributed by atoms with Crippen LogP contribution in [0.5, 0.6) is 0 Å². The van der Waals surface area contributed by atoms with Crippen LogP contribution in [0.15, 0.2) is 23.4 Å². The third-order valence-corrected chi connectivity index (χ3v) is 6.97. The van der Waals surface area contributed by atoms with E-state index in [1.54, 1.807) is 0 Å². The van der Waals surface area contributed by atoms with Gasteiger partial charge in [-0.3, -0.25) is 4.98 Å². The number of hydrogen-bond acceptors (Lipinski definition) is 4. The van der Waals surface area contributed by atoms with Crippen LogP contribution in [-0.4, -0.2) is 46.7 Å². The molecule has 178 valence electrons. The van der Waals surface area contributed by atoms with E-state index in [-0.39, 0.29) is 22.3 Å². The molecule has 0 aromatic carbocycles. The van der Waals surface area contributed by atoms with E-state index in [9.17, 15) is 43.5 Å². The summed E-state index contributed by atoms with van der Waals surface area (Å²) >= 11 is 0. The van der Waals surface area contributed by atoms with Gasteiger partial charge in [-0.2, -0.15) is 30.7 Å². The average Bonchev–Trinajstić information content (AvgIpc) is 3.48. The average molecular weight is 491 g/mol. The second-order valence-corrected chi connectivity index (χ2v) is 9.66. The minimum atomic E-state index is -6.70. The van der Waals surface area contributed by atoms with Gasteiger partial charge in [-0.15, -0.1) is 0 Å². The Kier molecular flexibility index (Phi) is 5.84. The molecule has 32 heavy (non-hydrogen) atoms. The zero-order valence-electron chi connectivity index (χ0n) is 16.6. The van der Waals surface area contributed by atoms with Crippen LogP contribution < -0.4 is 0 Å². The molecule has 0 saturated heterocycles. The smallest absolute Gasteiger partial charge is 0.327 e.